The fourth-order valence-electron chi connectivity index (χ4n) is 2.92. The summed E-state index contributed by atoms with van der Waals surface area (Å²) in [6, 6.07) is 12.1. The number of nitrogens with zero attached hydrogens (tertiary/aromatic N) is 2. The molecule has 0 saturated carbocycles. The molecule has 0 N–H and O–H groups in total. The van der Waals surface area contributed by atoms with Gasteiger partial charge in [-0.25, -0.2) is 0 Å². The smallest absolute Gasteiger partial charge is 0.255 e. The lowest BCUT2D eigenvalue weighted by molar-refractivity contribution is 0.0790. The average Bonchev–Trinajstić information content (AvgIpc) is 2.97. The van der Waals surface area contributed by atoms with E-state index in [1.165, 1.54) is 11.1 Å². The molecule has 1 aliphatic heterocycles. The van der Waals surface area contributed by atoms with Gasteiger partial charge in [-0.15, -0.1) is 0 Å². The van der Waals surface area contributed by atoms with Crippen LogP contribution in [0.1, 0.15) is 33.8 Å². The van der Waals surface area contributed by atoms with Gasteiger partial charge in [0, 0.05) is 31.4 Å². The lowest BCUT2D eigenvalue weighted by Crippen LogP contribution is -2.28. The van der Waals surface area contributed by atoms with E-state index >= 15 is 0 Å². The highest BCUT2D eigenvalue weighted by molar-refractivity contribution is 5.94. The van der Waals surface area contributed by atoms with E-state index < -0.39 is 0 Å². The van der Waals surface area contributed by atoms with Crippen molar-refractivity contribution >= 4 is 5.91 Å². The van der Waals surface area contributed by atoms with Crippen molar-refractivity contribution in [2.75, 3.05) is 13.1 Å². The van der Waals surface area contributed by atoms with Gasteiger partial charge in [0.1, 0.15) is 0 Å². The molecular formula is C17H18N2O. The normalized spacial score (nSPS) is 18.2. The first kappa shape index (κ1) is 12.9. The highest BCUT2D eigenvalue weighted by Gasteiger charge is 2.28. The Kier molecular flexibility index (Phi) is 3.50. The van der Waals surface area contributed by atoms with Gasteiger partial charge in [0.05, 0.1) is 5.56 Å². The van der Waals surface area contributed by atoms with Crippen LogP contribution in [0.2, 0.25) is 0 Å². The summed E-state index contributed by atoms with van der Waals surface area (Å²) in [6.45, 7) is 3.77. The highest BCUT2D eigenvalue weighted by atomic mass is 16.2. The van der Waals surface area contributed by atoms with Crippen molar-refractivity contribution in [2.45, 2.75) is 19.3 Å². The Morgan fingerprint density at radius 2 is 2.10 bits per heavy atom. The van der Waals surface area contributed by atoms with Crippen LogP contribution in [0.5, 0.6) is 0 Å². The van der Waals surface area contributed by atoms with E-state index in [0.717, 1.165) is 19.5 Å². The van der Waals surface area contributed by atoms with E-state index in [1.54, 1.807) is 12.4 Å². The van der Waals surface area contributed by atoms with Gasteiger partial charge >= 0.3 is 0 Å². The largest absolute Gasteiger partial charge is 0.338 e. The molecular weight excluding hydrogens is 248 g/mol. The Balaban J connectivity index is 1.74. The second-order valence-corrected chi connectivity index (χ2v) is 5.34. The van der Waals surface area contributed by atoms with Crippen LogP contribution in [-0.4, -0.2) is 28.9 Å². The number of benzene rings is 1. The number of amides is 1. The number of rotatable bonds is 2. The predicted octanol–water partition coefficient (Wildman–Crippen LogP) is 3.02. The summed E-state index contributed by atoms with van der Waals surface area (Å²) in [7, 11) is 0. The molecule has 0 aliphatic carbocycles. The highest BCUT2D eigenvalue weighted by Crippen LogP contribution is 2.29. The molecule has 3 heteroatoms. The monoisotopic (exact) mass is 266 g/mol. The van der Waals surface area contributed by atoms with Crippen LogP contribution in [0.3, 0.4) is 0 Å². The van der Waals surface area contributed by atoms with Crippen molar-refractivity contribution in [3.8, 4) is 0 Å². The van der Waals surface area contributed by atoms with Crippen LogP contribution in [0.15, 0.2) is 48.8 Å². The molecule has 3 nitrogen and oxygen atoms in total. The number of carbonyl (C=O) groups excluding carboxylic acids is 1. The number of pyridine rings is 1. The number of likely N-dealkylation sites (tertiary alicyclic amines) is 1. The minimum absolute atomic E-state index is 0.0918. The predicted molar refractivity (Wildman–Crippen MR) is 78.7 cm³/mol. The molecule has 1 atom stereocenters. The Morgan fingerprint density at radius 1 is 1.25 bits per heavy atom. The zero-order valence-corrected chi connectivity index (χ0v) is 11.6. The van der Waals surface area contributed by atoms with E-state index in [1.807, 2.05) is 17.0 Å². The van der Waals surface area contributed by atoms with Crippen LogP contribution in [0, 0.1) is 6.92 Å². The number of aryl methyl sites for hydroxylation is 1. The first-order valence-corrected chi connectivity index (χ1v) is 7.00. The van der Waals surface area contributed by atoms with Crippen molar-refractivity contribution in [3.05, 3.63) is 65.5 Å². The summed E-state index contributed by atoms with van der Waals surface area (Å²) in [5.74, 6) is 0.547. The minimum atomic E-state index is 0.0918. The van der Waals surface area contributed by atoms with Gasteiger partial charge in [-0.3, -0.25) is 9.78 Å². The zero-order valence-electron chi connectivity index (χ0n) is 11.6. The summed E-state index contributed by atoms with van der Waals surface area (Å²) in [6.07, 6.45) is 4.37. The topological polar surface area (TPSA) is 33.2 Å². The summed E-state index contributed by atoms with van der Waals surface area (Å²) < 4.78 is 0. The molecule has 1 saturated heterocycles. The lowest BCUT2D eigenvalue weighted by atomic mass is 9.94. The van der Waals surface area contributed by atoms with E-state index in [-0.39, 0.29) is 5.91 Å². The second-order valence-electron chi connectivity index (χ2n) is 5.34. The van der Waals surface area contributed by atoms with E-state index in [0.29, 0.717) is 11.5 Å². The number of aromatic nitrogens is 1. The van der Waals surface area contributed by atoms with Crippen molar-refractivity contribution in [1.29, 1.82) is 0 Å². The van der Waals surface area contributed by atoms with Crippen LogP contribution in [0.4, 0.5) is 0 Å². The third-order valence-corrected chi connectivity index (χ3v) is 4.01. The summed E-state index contributed by atoms with van der Waals surface area (Å²) in [4.78, 5) is 18.4. The van der Waals surface area contributed by atoms with Gasteiger partial charge in [0.2, 0.25) is 0 Å². The van der Waals surface area contributed by atoms with Crippen LogP contribution < -0.4 is 0 Å². The first-order chi connectivity index (χ1) is 9.75. The van der Waals surface area contributed by atoms with Gasteiger partial charge in [0.15, 0.2) is 0 Å². The van der Waals surface area contributed by atoms with Gasteiger partial charge in [-0.1, -0.05) is 24.3 Å². The third kappa shape index (κ3) is 2.44. The summed E-state index contributed by atoms with van der Waals surface area (Å²) in [5.41, 5.74) is 3.36. The quantitative estimate of drug-likeness (QED) is 0.837. The molecule has 2 heterocycles. The Bertz CT molecular complexity index is 609. The van der Waals surface area contributed by atoms with Crippen LogP contribution in [0.25, 0.3) is 0 Å². The number of hydrogen-bond acceptors (Lipinski definition) is 2. The average molecular weight is 266 g/mol. The fourth-order valence-corrected chi connectivity index (χ4v) is 2.92. The SMILES string of the molecule is Cc1ccccc1[C@@H]1CCN(C(=O)c2cccnc2)C1. The van der Waals surface area contributed by atoms with Crippen molar-refractivity contribution in [1.82, 2.24) is 9.88 Å². The Morgan fingerprint density at radius 3 is 2.85 bits per heavy atom. The maximum absolute atomic E-state index is 12.4. The maximum Gasteiger partial charge on any atom is 0.255 e. The maximum atomic E-state index is 12.4. The van der Waals surface area contributed by atoms with E-state index in [9.17, 15) is 4.79 Å². The van der Waals surface area contributed by atoms with Crippen molar-refractivity contribution in [3.63, 3.8) is 0 Å². The molecule has 1 aromatic carbocycles. The van der Waals surface area contributed by atoms with Crippen LogP contribution in [-0.2, 0) is 0 Å². The van der Waals surface area contributed by atoms with Gasteiger partial charge in [-0.05, 0) is 36.6 Å². The molecule has 0 unspecified atom stereocenters. The molecule has 0 spiro atoms. The first-order valence-electron chi connectivity index (χ1n) is 7.00. The molecule has 0 radical (unpaired) electrons. The standard InChI is InChI=1S/C17H18N2O/c1-13-5-2-3-7-16(13)15-8-10-19(12-15)17(20)14-6-4-9-18-11-14/h2-7,9,11,15H,8,10,12H2,1H3/t15-/m1/s1. The van der Waals surface area contributed by atoms with E-state index in [2.05, 4.69) is 36.2 Å². The molecule has 1 fully saturated rings. The Labute approximate surface area is 119 Å². The summed E-state index contributed by atoms with van der Waals surface area (Å²) >= 11 is 0. The summed E-state index contributed by atoms with van der Waals surface area (Å²) in [5, 5.41) is 0. The molecule has 3 rings (SSSR count). The van der Waals surface area contributed by atoms with Crippen molar-refractivity contribution in [2.24, 2.45) is 0 Å². The van der Waals surface area contributed by atoms with Gasteiger partial charge in [0.25, 0.3) is 5.91 Å². The number of carbonyl (C=O) groups is 1. The molecule has 102 valence electrons. The lowest BCUT2D eigenvalue weighted by Gasteiger charge is -2.17. The van der Waals surface area contributed by atoms with E-state index in [4.69, 9.17) is 0 Å². The molecule has 1 aromatic heterocycles. The van der Waals surface area contributed by atoms with Crippen molar-refractivity contribution < 1.29 is 4.79 Å². The molecule has 20 heavy (non-hydrogen) atoms. The third-order valence-electron chi connectivity index (χ3n) is 4.01. The second kappa shape index (κ2) is 5.45. The Hall–Kier alpha value is -2.16. The minimum Gasteiger partial charge on any atom is -0.338 e. The zero-order chi connectivity index (χ0) is 13.9. The molecule has 2 aromatic rings. The molecule has 1 aliphatic rings. The number of hydrogen-bond donors (Lipinski definition) is 0. The molecule has 1 amide bonds. The van der Waals surface area contributed by atoms with Gasteiger partial charge in [-0.2, -0.15) is 0 Å². The van der Waals surface area contributed by atoms with Crippen LogP contribution >= 0.6 is 0 Å². The van der Waals surface area contributed by atoms with Gasteiger partial charge < -0.3 is 4.90 Å². The molecule has 0 bridgehead atoms. The fraction of sp³-hybridized carbons (Fsp3) is 0.294.